The van der Waals surface area contributed by atoms with Gasteiger partial charge in [-0.1, -0.05) is 13.8 Å². The highest BCUT2D eigenvalue weighted by atomic mass is 16.5. The zero-order valence-electron chi connectivity index (χ0n) is 14.8. The van der Waals surface area contributed by atoms with E-state index >= 15 is 0 Å². The lowest BCUT2D eigenvalue weighted by molar-refractivity contribution is -0.139. The normalized spacial score (nSPS) is 10.9. The molecule has 0 spiro atoms. The number of carboxylic acid groups (broad SMARTS) is 1. The Balaban J connectivity index is 2.83. The Morgan fingerprint density at radius 1 is 1.04 bits per heavy atom. The van der Waals surface area contributed by atoms with E-state index in [-0.39, 0.29) is 25.3 Å². The maximum atomic E-state index is 12.1. The van der Waals surface area contributed by atoms with E-state index < -0.39 is 11.4 Å². The van der Waals surface area contributed by atoms with Gasteiger partial charge in [0, 0.05) is 18.6 Å². The van der Waals surface area contributed by atoms with Crippen molar-refractivity contribution in [1.29, 1.82) is 0 Å². The first kappa shape index (κ1) is 19.6. The molecule has 7 heteroatoms. The summed E-state index contributed by atoms with van der Waals surface area (Å²) < 4.78 is 15.8. The molecule has 0 heterocycles. The molecule has 1 aromatic carbocycles. The van der Waals surface area contributed by atoms with Gasteiger partial charge in [0.2, 0.25) is 5.91 Å². The predicted octanol–water partition coefficient (Wildman–Crippen LogP) is 2.22. The molecule has 0 saturated heterocycles. The number of hydrogen-bond acceptors (Lipinski definition) is 5. The second-order valence-corrected chi connectivity index (χ2v) is 6.20. The number of benzene rings is 1. The Hall–Kier alpha value is -2.44. The zero-order chi connectivity index (χ0) is 18.3. The molecular formula is C17H25NO6. The lowest BCUT2D eigenvalue weighted by Crippen LogP contribution is -2.30. The molecule has 0 unspecified atom stereocenters. The topological polar surface area (TPSA) is 94.1 Å². The third-order valence-corrected chi connectivity index (χ3v) is 3.55. The monoisotopic (exact) mass is 339 g/mol. The highest BCUT2D eigenvalue weighted by Gasteiger charge is 2.25. The van der Waals surface area contributed by atoms with Crippen LogP contribution in [0.3, 0.4) is 0 Å². The summed E-state index contributed by atoms with van der Waals surface area (Å²) in [5.41, 5.74) is 0.0643. The smallest absolute Gasteiger partial charge is 0.303 e. The molecule has 7 nitrogen and oxygen atoms in total. The number of carboxylic acids is 1. The largest absolute Gasteiger partial charge is 0.496 e. The van der Waals surface area contributed by atoms with Crippen LogP contribution in [-0.2, 0) is 16.1 Å². The fourth-order valence-corrected chi connectivity index (χ4v) is 2.41. The Bertz CT molecular complexity index is 572. The van der Waals surface area contributed by atoms with Gasteiger partial charge in [0.15, 0.2) is 0 Å². The molecule has 0 aliphatic carbocycles. The van der Waals surface area contributed by atoms with Crippen molar-refractivity contribution in [3.05, 3.63) is 17.7 Å². The number of carbonyl (C=O) groups excluding carboxylic acids is 1. The molecule has 134 valence electrons. The molecule has 0 aliphatic heterocycles. The van der Waals surface area contributed by atoms with Crippen LogP contribution in [-0.4, -0.2) is 38.3 Å². The molecule has 0 radical (unpaired) electrons. The number of hydrogen-bond donors (Lipinski definition) is 2. The number of rotatable bonds is 9. The molecule has 0 atom stereocenters. The Morgan fingerprint density at radius 3 is 2.00 bits per heavy atom. The number of ether oxygens (including phenoxy) is 3. The highest BCUT2D eigenvalue weighted by molar-refractivity contribution is 5.78. The average Bonchev–Trinajstić information content (AvgIpc) is 2.49. The van der Waals surface area contributed by atoms with E-state index in [0.29, 0.717) is 22.8 Å². The zero-order valence-corrected chi connectivity index (χ0v) is 14.8. The molecular weight excluding hydrogens is 314 g/mol. The van der Waals surface area contributed by atoms with Gasteiger partial charge < -0.3 is 24.6 Å². The maximum absolute atomic E-state index is 12.1. The molecule has 1 aromatic rings. The molecule has 1 amide bonds. The summed E-state index contributed by atoms with van der Waals surface area (Å²) in [6.07, 6.45) is 0.0374. The van der Waals surface area contributed by atoms with E-state index in [1.54, 1.807) is 33.1 Å². The third-order valence-electron chi connectivity index (χ3n) is 3.55. The second-order valence-electron chi connectivity index (χ2n) is 6.20. The first-order valence-electron chi connectivity index (χ1n) is 7.49. The van der Waals surface area contributed by atoms with Crippen LogP contribution in [0.4, 0.5) is 0 Å². The van der Waals surface area contributed by atoms with E-state index in [1.165, 1.54) is 14.2 Å². The lowest BCUT2D eigenvalue weighted by atomic mass is 9.85. The van der Waals surface area contributed by atoms with Crippen LogP contribution >= 0.6 is 0 Å². The van der Waals surface area contributed by atoms with E-state index in [0.717, 1.165) is 0 Å². The van der Waals surface area contributed by atoms with Crippen LogP contribution in [0.2, 0.25) is 0 Å². The van der Waals surface area contributed by atoms with Crippen molar-refractivity contribution in [2.75, 3.05) is 21.3 Å². The highest BCUT2D eigenvalue weighted by Crippen LogP contribution is 2.34. The number of methoxy groups -OCH3 is 3. The molecule has 0 aromatic heterocycles. The second kappa shape index (κ2) is 8.42. The lowest BCUT2D eigenvalue weighted by Gasteiger charge is -2.22. The average molecular weight is 339 g/mol. The van der Waals surface area contributed by atoms with Gasteiger partial charge in [-0.2, -0.15) is 0 Å². The predicted molar refractivity (Wildman–Crippen MR) is 88.6 cm³/mol. The van der Waals surface area contributed by atoms with Gasteiger partial charge in [-0.3, -0.25) is 9.59 Å². The molecule has 0 aliphatic rings. The van der Waals surface area contributed by atoms with Gasteiger partial charge in [0.25, 0.3) is 0 Å². The van der Waals surface area contributed by atoms with Crippen molar-refractivity contribution in [3.8, 4) is 17.2 Å². The van der Waals surface area contributed by atoms with Crippen LogP contribution in [0.25, 0.3) is 0 Å². The minimum atomic E-state index is -0.925. The molecule has 24 heavy (non-hydrogen) atoms. The fourth-order valence-electron chi connectivity index (χ4n) is 2.41. The van der Waals surface area contributed by atoms with E-state index in [4.69, 9.17) is 19.3 Å². The van der Waals surface area contributed by atoms with Crippen LogP contribution in [0.5, 0.6) is 17.2 Å². The molecule has 0 fully saturated rings. The van der Waals surface area contributed by atoms with E-state index in [9.17, 15) is 9.59 Å². The number of carbonyl (C=O) groups is 2. The van der Waals surface area contributed by atoms with Crippen LogP contribution < -0.4 is 19.5 Å². The maximum Gasteiger partial charge on any atom is 0.303 e. The number of aliphatic carboxylic acids is 1. The van der Waals surface area contributed by atoms with Crippen LogP contribution in [0.15, 0.2) is 12.1 Å². The molecule has 0 saturated carbocycles. The van der Waals surface area contributed by atoms with Crippen molar-refractivity contribution in [2.24, 2.45) is 5.41 Å². The van der Waals surface area contributed by atoms with Crippen molar-refractivity contribution in [3.63, 3.8) is 0 Å². The van der Waals surface area contributed by atoms with Gasteiger partial charge >= 0.3 is 5.97 Å². The first-order valence-corrected chi connectivity index (χ1v) is 7.49. The van der Waals surface area contributed by atoms with Gasteiger partial charge in [-0.15, -0.1) is 0 Å². The molecule has 1 rings (SSSR count). The summed E-state index contributed by atoms with van der Waals surface area (Å²) in [6.45, 7) is 3.70. The SMILES string of the molecule is COc1cc(OC)c(CNC(=O)CC(C)(C)CC(=O)O)c(OC)c1. The summed E-state index contributed by atoms with van der Waals surface area (Å²) in [4.78, 5) is 23.0. The van der Waals surface area contributed by atoms with Crippen molar-refractivity contribution in [1.82, 2.24) is 5.32 Å². The third kappa shape index (κ3) is 5.64. The minimum absolute atomic E-state index is 0.0738. The minimum Gasteiger partial charge on any atom is -0.496 e. The van der Waals surface area contributed by atoms with E-state index in [1.807, 2.05) is 0 Å². The Labute approximate surface area is 141 Å². The summed E-state index contributed by atoms with van der Waals surface area (Å²) in [5, 5.41) is 11.7. The van der Waals surface area contributed by atoms with Gasteiger partial charge in [-0.05, 0) is 5.41 Å². The summed E-state index contributed by atoms with van der Waals surface area (Å²) in [7, 11) is 4.59. The Morgan fingerprint density at radius 2 is 1.58 bits per heavy atom. The van der Waals surface area contributed by atoms with Gasteiger partial charge in [0.1, 0.15) is 17.2 Å². The number of amides is 1. The summed E-state index contributed by atoms with van der Waals surface area (Å²) >= 11 is 0. The number of nitrogens with one attached hydrogen (secondary N) is 1. The van der Waals surface area contributed by atoms with Crippen LogP contribution in [0, 0.1) is 5.41 Å². The summed E-state index contributed by atoms with van der Waals surface area (Å²) in [5.74, 6) is 0.501. The van der Waals surface area contributed by atoms with Crippen LogP contribution in [0.1, 0.15) is 32.3 Å². The van der Waals surface area contributed by atoms with Crippen molar-refractivity contribution in [2.45, 2.75) is 33.2 Å². The standard InChI is InChI=1S/C17H25NO6/c1-17(2,9-16(20)21)8-15(19)18-10-12-13(23-4)6-11(22-3)7-14(12)24-5/h6-7H,8-10H2,1-5H3,(H,18,19)(H,20,21). The van der Waals surface area contributed by atoms with Crippen molar-refractivity contribution >= 4 is 11.9 Å². The van der Waals surface area contributed by atoms with Crippen molar-refractivity contribution < 1.29 is 28.9 Å². The quantitative estimate of drug-likeness (QED) is 0.716. The van der Waals surface area contributed by atoms with Gasteiger partial charge in [0.05, 0.1) is 39.9 Å². The summed E-state index contributed by atoms with van der Waals surface area (Å²) in [6, 6.07) is 3.41. The Kier molecular flexibility index (Phi) is 6.88. The molecule has 2 N–H and O–H groups in total. The van der Waals surface area contributed by atoms with E-state index in [2.05, 4.69) is 5.32 Å². The molecule has 0 bridgehead atoms. The first-order chi connectivity index (χ1) is 11.2. The van der Waals surface area contributed by atoms with Gasteiger partial charge in [-0.25, -0.2) is 0 Å². The fraction of sp³-hybridized carbons (Fsp3) is 0.529.